The van der Waals surface area contributed by atoms with Crippen molar-refractivity contribution in [3.05, 3.63) is 41.7 Å². The molecule has 22 heavy (non-hydrogen) atoms. The van der Waals surface area contributed by atoms with Gasteiger partial charge in [-0.2, -0.15) is 0 Å². The lowest BCUT2D eigenvalue weighted by atomic mass is 10.1. The molecule has 0 bridgehead atoms. The standard InChI is InChI=1S/C12H13NO3.C4H10.C2H6/c1-3-6-10(14)11-9(7-5-8-13-11)12(15)16-4-2;1-3-4-2;1-2/h3,5-8H,4H2,1-2H3;3-4H2,1-2H3;1-2H3/b6-3+;;. The van der Waals surface area contributed by atoms with Gasteiger partial charge >= 0.3 is 5.97 Å². The number of allylic oxidation sites excluding steroid dienone is 2. The summed E-state index contributed by atoms with van der Waals surface area (Å²) in [5, 5.41) is 0. The molecule has 4 heteroatoms. The number of rotatable bonds is 5. The van der Waals surface area contributed by atoms with Gasteiger partial charge in [-0.3, -0.25) is 9.78 Å². The predicted molar refractivity (Wildman–Crippen MR) is 91.3 cm³/mol. The summed E-state index contributed by atoms with van der Waals surface area (Å²) in [5.74, 6) is -0.824. The molecule has 0 aliphatic heterocycles. The summed E-state index contributed by atoms with van der Waals surface area (Å²) in [6.45, 7) is 12.1. The number of aromatic nitrogens is 1. The topological polar surface area (TPSA) is 56.3 Å². The van der Waals surface area contributed by atoms with E-state index in [-0.39, 0.29) is 23.6 Å². The Morgan fingerprint density at radius 2 is 1.77 bits per heavy atom. The van der Waals surface area contributed by atoms with E-state index in [4.69, 9.17) is 4.74 Å². The van der Waals surface area contributed by atoms with Crippen LogP contribution in [0.15, 0.2) is 30.5 Å². The van der Waals surface area contributed by atoms with Gasteiger partial charge < -0.3 is 4.74 Å². The second kappa shape index (κ2) is 15.4. The number of nitrogens with zero attached hydrogens (tertiary/aromatic N) is 1. The summed E-state index contributed by atoms with van der Waals surface area (Å²) < 4.78 is 4.84. The highest BCUT2D eigenvalue weighted by atomic mass is 16.5. The fourth-order valence-corrected chi connectivity index (χ4v) is 1.21. The van der Waals surface area contributed by atoms with E-state index in [2.05, 4.69) is 18.8 Å². The zero-order valence-electron chi connectivity index (χ0n) is 14.7. The van der Waals surface area contributed by atoms with Crippen molar-refractivity contribution in [1.82, 2.24) is 4.98 Å². The molecule has 124 valence electrons. The van der Waals surface area contributed by atoms with Gasteiger partial charge in [0.05, 0.1) is 12.2 Å². The third-order valence-electron chi connectivity index (χ3n) is 2.35. The number of hydrogen-bond donors (Lipinski definition) is 0. The predicted octanol–water partition coefficient (Wildman–Crippen LogP) is 4.85. The maximum atomic E-state index is 11.6. The molecule has 1 aromatic heterocycles. The molecule has 4 nitrogen and oxygen atoms in total. The lowest BCUT2D eigenvalue weighted by Gasteiger charge is -2.04. The molecule has 0 spiro atoms. The molecule has 0 saturated heterocycles. The highest BCUT2D eigenvalue weighted by Crippen LogP contribution is 2.08. The van der Waals surface area contributed by atoms with Crippen LogP contribution in [0.3, 0.4) is 0 Å². The van der Waals surface area contributed by atoms with E-state index < -0.39 is 5.97 Å². The minimum absolute atomic E-state index is 0.124. The van der Waals surface area contributed by atoms with Gasteiger partial charge in [0.25, 0.3) is 0 Å². The lowest BCUT2D eigenvalue weighted by molar-refractivity contribution is 0.0523. The first-order valence-electron chi connectivity index (χ1n) is 7.91. The van der Waals surface area contributed by atoms with Crippen LogP contribution < -0.4 is 0 Å². The highest BCUT2D eigenvalue weighted by molar-refractivity contribution is 6.09. The molecule has 0 aliphatic rings. The van der Waals surface area contributed by atoms with E-state index >= 15 is 0 Å². The summed E-state index contributed by atoms with van der Waals surface area (Å²) in [6, 6.07) is 3.13. The molecule has 1 rings (SSSR count). The van der Waals surface area contributed by atoms with E-state index in [1.807, 2.05) is 13.8 Å². The van der Waals surface area contributed by atoms with Gasteiger partial charge in [-0.05, 0) is 32.1 Å². The first-order valence-corrected chi connectivity index (χ1v) is 7.91. The van der Waals surface area contributed by atoms with Gasteiger partial charge in [0.15, 0.2) is 0 Å². The van der Waals surface area contributed by atoms with Crippen LogP contribution in [0.25, 0.3) is 0 Å². The van der Waals surface area contributed by atoms with Crippen molar-refractivity contribution in [3.63, 3.8) is 0 Å². The van der Waals surface area contributed by atoms with E-state index in [9.17, 15) is 9.59 Å². The van der Waals surface area contributed by atoms with Gasteiger partial charge in [-0.25, -0.2) is 4.79 Å². The molecule has 0 unspecified atom stereocenters. The average molecular weight is 307 g/mol. The van der Waals surface area contributed by atoms with Gasteiger partial charge in [0, 0.05) is 6.20 Å². The van der Waals surface area contributed by atoms with E-state index in [1.165, 1.54) is 31.2 Å². The molecule has 0 radical (unpaired) electrons. The van der Waals surface area contributed by atoms with E-state index in [0.29, 0.717) is 0 Å². The summed E-state index contributed by atoms with van der Waals surface area (Å²) >= 11 is 0. The van der Waals surface area contributed by atoms with Crippen LogP contribution in [0.4, 0.5) is 0 Å². The Bertz CT molecular complexity index is 451. The Hall–Kier alpha value is -1.97. The van der Waals surface area contributed by atoms with Crippen LogP contribution in [-0.2, 0) is 4.74 Å². The number of carbonyl (C=O) groups excluding carboxylic acids is 2. The molecule has 0 atom stereocenters. The Morgan fingerprint density at radius 1 is 1.18 bits per heavy atom. The van der Waals surface area contributed by atoms with Crippen LogP contribution in [-0.4, -0.2) is 23.3 Å². The van der Waals surface area contributed by atoms with Crippen molar-refractivity contribution in [2.75, 3.05) is 6.61 Å². The molecular weight excluding hydrogens is 278 g/mol. The van der Waals surface area contributed by atoms with E-state index in [1.54, 1.807) is 26.0 Å². The number of unbranched alkanes of at least 4 members (excludes halogenated alkanes) is 1. The van der Waals surface area contributed by atoms with Crippen molar-refractivity contribution in [2.24, 2.45) is 0 Å². The number of hydrogen-bond acceptors (Lipinski definition) is 4. The zero-order valence-corrected chi connectivity index (χ0v) is 14.7. The quantitative estimate of drug-likeness (QED) is 0.443. The number of pyridine rings is 1. The van der Waals surface area contributed by atoms with Crippen LogP contribution in [0.1, 0.15) is 75.2 Å². The smallest absolute Gasteiger partial charge is 0.340 e. The highest BCUT2D eigenvalue weighted by Gasteiger charge is 2.16. The van der Waals surface area contributed by atoms with Crippen molar-refractivity contribution >= 4 is 11.8 Å². The first-order chi connectivity index (χ1) is 10.6. The maximum absolute atomic E-state index is 11.6. The first kappa shape index (κ1) is 22.3. The van der Waals surface area contributed by atoms with Gasteiger partial charge in [0.2, 0.25) is 5.78 Å². The molecule has 0 saturated carbocycles. The van der Waals surface area contributed by atoms with Gasteiger partial charge in [0.1, 0.15) is 5.69 Å². The SMILES string of the molecule is C/C=C/C(=O)c1ncccc1C(=O)OCC.CC.CCCC. The molecule has 0 N–H and O–H groups in total. The monoisotopic (exact) mass is 307 g/mol. The molecule has 1 heterocycles. The average Bonchev–Trinajstić information content (AvgIpc) is 2.57. The van der Waals surface area contributed by atoms with Crippen LogP contribution in [0.5, 0.6) is 0 Å². The summed E-state index contributed by atoms with van der Waals surface area (Å²) in [6.07, 6.45) is 7.08. The maximum Gasteiger partial charge on any atom is 0.340 e. The second-order valence-corrected chi connectivity index (χ2v) is 3.98. The van der Waals surface area contributed by atoms with Crippen molar-refractivity contribution < 1.29 is 14.3 Å². The fourth-order valence-electron chi connectivity index (χ4n) is 1.21. The normalized spacial score (nSPS) is 9.18. The van der Waals surface area contributed by atoms with Crippen molar-refractivity contribution in [1.29, 1.82) is 0 Å². The molecule has 0 aliphatic carbocycles. The summed E-state index contributed by atoms with van der Waals surface area (Å²) in [4.78, 5) is 27.1. The summed E-state index contributed by atoms with van der Waals surface area (Å²) in [7, 11) is 0. The lowest BCUT2D eigenvalue weighted by Crippen LogP contribution is -2.12. The number of ketones is 1. The Balaban J connectivity index is 0. The largest absolute Gasteiger partial charge is 0.462 e. The van der Waals surface area contributed by atoms with Crippen LogP contribution in [0.2, 0.25) is 0 Å². The van der Waals surface area contributed by atoms with Crippen LogP contribution >= 0.6 is 0 Å². The minimum atomic E-state index is -0.525. The van der Waals surface area contributed by atoms with E-state index in [0.717, 1.165) is 0 Å². The number of ether oxygens (including phenoxy) is 1. The second-order valence-electron chi connectivity index (χ2n) is 3.98. The van der Waals surface area contributed by atoms with Crippen molar-refractivity contribution in [2.45, 2.75) is 54.4 Å². The molecule has 0 fully saturated rings. The molecule has 0 aromatic carbocycles. The Labute approximate surface area is 134 Å². The van der Waals surface area contributed by atoms with Crippen molar-refractivity contribution in [3.8, 4) is 0 Å². The zero-order chi connectivity index (χ0) is 17.4. The third kappa shape index (κ3) is 9.06. The van der Waals surface area contributed by atoms with Gasteiger partial charge in [-0.15, -0.1) is 0 Å². The molecule has 0 amide bonds. The number of esters is 1. The fraction of sp³-hybridized carbons (Fsp3) is 0.500. The van der Waals surface area contributed by atoms with Gasteiger partial charge in [-0.1, -0.05) is 46.6 Å². The Kier molecular flexibility index (Phi) is 15.6. The minimum Gasteiger partial charge on any atom is -0.462 e. The van der Waals surface area contributed by atoms with Crippen LogP contribution in [0, 0.1) is 0 Å². The molecule has 1 aromatic rings. The third-order valence-corrected chi connectivity index (χ3v) is 2.35. The molecular formula is C18H29NO3. The summed E-state index contributed by atoms with van der Waals surface area (Å²) in [5.41, 5.74) is 0.325. The Morgan fingerprint density at radius 3 is 2.23 bits per heavy atom. The number of carbonyl (C=O) groups is 2.